The summed E-state index contributed by atoms with van der Waals surface area (Å²) in [5, 5.41) is 0. The zero-order valence-electron chi connectivity index (χ0n) is 12.0. The Labute approximate surface area is 115 Å². The smallest absolute Gasteiger partial charge is 0.254 e. The maximum Gasteiger partial charge on any atom is 0.254 e. The number of rotatable bonds is 2. The molecule has 0 aliphatic carbocycles. The molecule has 2 heterocycles. The molecule has 1 aromatic heterocycles. The third kappa shape index (κ3) is 2.95. The van der Waals surface area contributed by atoms with Gasteiger partial charge in [-0.1, -0.05) is 13.8 Å². The van der Waals surface area contributed by atoms with E-state index in [0.29, 0.717) is 23.9 Å². The fourth-order valence-electron chi connectivity index (χ4n) is 2.87. The van der Waals surface area contributed by atoms with E-state index in [4.69, 9.17) is 5.73 Å². The standard InChI is InChI=1S/C15H23N3O/c1-10-6-11(2)12(3)18(9-10)15(19)13-4-5-17-14(7-13)8-16/h4-5,7,10-12H,6,8-9,16H2,1-3H3. The van der Waals surface area contributed by atoms with Crippen LogP contribution in [0.15, 0.2) is 18.3 Å². The molecule has 2 rings (SSSR count). The van der Waals surface area contributed by atoms with Gasteiger partial charge in [0.25, 0.3) is 5.91 Å². The van der Waals surface area contributed by atoms with Crippen LogP contribution in [0.5, 0.6) is 0 Å². The summed E-state index contributed by atoms with van der Waals surface area (Å²) in [6.07, 6.45) is 2.85. The normalized spacial score (nSPS) is 27.4. The Hall–Kier alpha value is -1.42. The second-order valence-electron chi connectivity index (χ2n) is 5.76. The van der Waals surface area contributed by atoms with E-state index in [1.165, 1.54) is 6.42 Å². The summed E-state index contributed by atoms with van der Waals surface area (Å²) in [5.41, 5.74) is 7.04. The quantitative estimate of drug-likeness (QED) is 0.886. The van der Waals surface area contributed by atoms with Gasteiger partial charge in [0.05, 0.1) is 5.69 Å². The maximum absolute atomic E-state index is 12.6. The largest absolute Gasteiger partial charge is 0.335 e. The highest BCUT2D eigenvalue weighted by atomic mass is 16.2. The number of likely N-dealkylation sites (tertiary alicyclic amines) is 1. The number of nitrogens with two attached hydrogens (primary N) is 1. The van der Waals surface area contributed by atoms with E-state index in [-0.39, 0.29) is 11.9 Å². The van der Waals surface area contributed by atoms with Crippen LogP contribution in [0.4, 0.5) is 0 Å². The molecule has 1 amide bonds. The van der Waals surface area contributed by atoms with Crippen molar-refractivity contribution in [3.05, 3.63) is 29.6 Å². The first kappa shape index (κ1) is 14.0. The lowest BCUT2D eigenvalue weighted by atomic mass is 9.85. The number of nitrogens with zero attached hydrogens (tertiary/aromatic N) is 2. The molecule has 1 fully saturated rings. The summed E-state index contributed by atoms with van der Waals surface area (Å²) in [7, 11) is 0. The number of carbonyl (C=O) groups excluding carboxylic acids is 1. The van der Waals surface area contributed by atoms with Crippen molar-refractivity contribution in [2.24, 2.45) is 17.6 Å². The van der Waals surface area contributed by atoms with Crippen LogP contribution in [0.2, 0.25) is 0 Å². The molecule has 3 unspecified atom stereocenters. The lowest BCUT2D eigenvalue weighted by molar-refractivity contribution is 0.0455. The molecule has 1 saturated heterocycles. The molecule has 3 atom stereocenters. The van der Waals surface area contributed by atoms with Gasteiger partial charge in [-0.05, 0) is 37.3 Å². The Morgan fingerprint density at radius 1 is 1.47 bits per heavy atom. The van der Waals surface area contributed by atoms with Crippen LogP contribution in [0, 0.1) is 11.8 Å². The van der Waals surface area contributed by atoms with E-state index in [9.17, 15) is 4.79 Å². The molecule has 1 aliphatic rings. The first-order valence-corrected chi connectivity index (χ1v) is 6.99. The van der Waals surface area contributed by atoms with E-state index in [1.807, 2.05) is 4.90 Å². The third-order valence-electron chi connectivity index (χ3n) is 4.13. The zero-order valence-corrected chi connectivity index (χ0v) is 12.0. The van der Waals surface area contributed by atoms with Crippen molar-refractivity contribution in [2.45, 2.75) is 39.8 Å². The summed E-state index contributed by atoms with van der Waals surface area (Å²) >= 11 is 0. The minimum absolute atomic E-state index is 0.100. The Bertz CT molecular complexity index is 460. The van der Waals surface area contributed by atoms with Gasteiger partial charge in [-0.25, -0.2) is 0 Å². The SMILES string of the molecule is CC1CC(C)C(C)N(C(=O)c2ccnc(CN)c2)C1. The Balaban J connectivity index is 2.22. The van der Waals surface area contributed by atoms with Crippen molar-refractivity contribution in [3.63, 3.8) is 0 Å². The molecule has 4 nitrogen and oxygen atoms in total. The highest BCUT2D eigenvalue weighted by Crippen LogP contribution is 2.28. The molecular formula is C15H23N3O. The van der Waals surface area contributed by atoms with Gasteiger partial charge >= 0.3 is 0 Å². The molecule has 0 aromatic carbocycles. The summed E-state index contributed by atoms with van der Waals surface area (Å²) < 4.78 is 0. The van der Waals surface area contributed by atoms with Crippen LogP contribution in [-0.2, 0) is 6.54 Å². The predicted molar refractivity (Wildman–Crippen MR) is 75.6 cm³/mol. The van der Waals surface area contributed by atoms with Crippen molar-refractivity contribution in [2.75, 3.05) is 6.54 Å². The van der Waals surface area contributed by atoms with E-state index in [2.05, 4.69) is 25.8 Å². The second kappa shape index (κ2) is 5.70. The molecule has 104 valence electrons. The van der Waals surface area contributed by atoms with Gasteiger partial charge in [0, 0.05) is 30.9 Å². The lowest BCUT2D eigenvalue weighted by Crippen LogP contribution is -2.48. The van der Waals surface area contributed by atoms with E-state index < -0.39 is 0 Å². The van der Waals surface area contributed by atoms with Gasteiger partial charge in [0.2, 0.25) is 0 Å². The highest BCUT2D eigenvalue weighted by Gasteiger charge is 2.32. The van der Waals surface area contributed by atoms with Crippen LogP contribution < -0.4 is 5.73 Å². The topological polar surface area (TPSA) is 59.2 Å². The monoisotopic (exact) mass is 261 g/mol. The molecule has 0 spiro atoms. The van der Waals surface area contributed by atoms with Crippen molar-refractivity contribution in [1.82, 2.24) is 9.88 Å². The number of pyridine rings is 1. The summed E-state index contributed by atoms with van der Waals surface area (Å²) in [6.45, 7) is 7.77. The van der Waals surface area contributed by atoms with Crippen LogP contribution >= 0.6 is 0 Å². The number of piperidine rings is 1. The number of hydrogen-bond donors (Lipinski definition) is 1. The van der Waals surface area contributed by atoms with Gasteiger partial charge in [0.15, 0.2) is 0 Å². The van der Waals surface area contributed by atoms with Crippen LogP contribution in [0.3, 0.4) is 0 Å². The predicted octanol–water partition coefficient (Wildman–Crippen LogP) is 2.05. The average molecular weight is 261 g/mol. The number of hydrogen-bond acceptors (Lipinski definition) is 3. The van der Waals surface area contributed by atoms with E-state index in [1.54, 1.807) is 18.3 Å². The second-order valence-corrected chi connectivity index (χ2v) is 5.76. The highest BCUT2D eigenvalue weighted by molar-refractivity contribution is 5.94. The Morgan fingerprint density at radius 2 is 2.21 bits per heavy atom. The molecule has 0 bridgehead atoms. The lowest BCUT2D eigenvalue weighted by Gasteiger charge is -2.41. The number of carbonyl (C=O) groups is 1. The van der Waals surface area contributed by atoms with Crippen molar-refractivity contribution in [1.29, 1.82) is 0 Å². The summed E-state index contributed by atoms with van der Waals surface area (Å²) in [4.78, 5) is 18.8. The number of aromatic nitrogens is 1. The Morgan fingerprint density at radius 3 is 2.89 bits per heavy atom. The molecular weight excluding hydrogens is 238 g/mol. The molecule has 1 aromatic rings. The minimum Gasteiger partial charge on any atom is -0.335 e. The average Bonchev–Trinajstić information content (AvgIpc) is 2.42. The molecule has 19 heavy (non-hydrogen) atoms. The summed E-state index contributed by atoms with van der Waals surface area (Å²) in [5.74, 6) is 1.21. The van der Waals surface area contributed by atoms with Gasteiger partial charge in [0.1, 0.15) is 0 Å². The first-order valence-electron chi connectivity index (χ1n) is 6.99. The van der Waals surface area contributed by atoms with Gasteiger partial charge in [-0.15, -0.1) is 0 Å². The summed E-state index contributed by atoms with van der Waals surface area (Å²) in [6, 6.07) is 3.87. The maximum atomic E-state index is 12.6. The first-order chi connectivity index (χ1) is 9.02. The Kier molecular flexibility index (Phi) is 4.20. The van der Waals surface area contributed by atoms with Crippen LogP contribution in [0.1, 0.15) is 43.2 Å². The van der Waals surface area contributed by atoms with Gasteiger partial charge in [-0.3, -0.25) is 9.78 Å². The van der Waals surface area contributed by atoms with Crippen LogP contribution in [0.25, 0.3) is 0 Å². The fraction of sp³-hybridized carbons (Fsp3) is 0.600. The van der Waals surface area contributed by atoms with E-state index >= 15 is 0 Å². The molecule has 0 saturated carbocycles. The van der Waals surface area contributed by atoms with E-state index in [0.717, 1.165) is 12.2 Å². The molecule has 4 heteroatoms. The van der Waals surface area contributed by atoms with Gasteiger partial charge in [-0.2, -0.15) is 0 Å². The molecule has 0 radical (unpaired) electrons. The zero-order chi connectivity index (χ0) is 14.0. The molecule has 1 aliphatic heterocycles. The minimum atomic E-state index is 0.100. The van der Waals surface area contributed by atoms with Gasteiger partial charge < -0.3 is 10.6 Å². The molecule has 2 N–H and O–H groups in total. The van der Waals surface area contributed by atoms with Crippen molar-refractivity contribution in [3.8, 4) is 0 Å². The van der Waals surface area contributed by atoms with Crippen LogP contribution in [-0.4, -0.2) is 28.4 Å². The number of amides is 1. The van der Waals surface area contributed by atoms with Crippen molar-refractivity contribution >= 4 is 5.91 Å². The van der Waals surface area contributed by atoms with Crippen molar-refractivity contribution < 1.29 is 4.79 Å². The third-order valence-corrected chi connectivity index (χ3v) is 4.13. The fourth-order valence-corrected chi connectivity index (χ4v) is 2.87.